The summed E-state index contributed by atoms with van der Waals surface area (Å²) in [5, 5.41) is 2.73. The molecule has 4 nitrogen and oxygen atoms in total. The van der Waals surface area contributed by atoms with Crippen LogP contribution in [0.1, 0.15) is 32.4 Å². The number of hydrogen-bond acceptors (Lipinski definition) is 4. The van der Waals surface area contributed by atoms with Gasteiger partial charge in [-0.3, -0.25) is 0 Å². The molecule has 1 rings (SSSR count). The molecule has 0 amide bonds. The third-order valence-electron chi connectivity index (χ3n) is 2.83. The van der Waals surface area contributed by atoms with Gasteiger partial charge in [-0.25, -0.2) is 9.78 Å². The molecule has 1 N–H and O–H groups in total. The molecule has 20 heavy (non-hydrogen) atoms. The van der Waals surface area contributed by atoms with Crippen LogP contribution in [0.5, 0.6) is 0 Å². The summed E-state index contributed by atoms with van der Waals surface area (Å²) in [6.07, 6.45) is -3.45. The van der Waals surface area contributed by atoms with Gasteiger partial charge in [0.25, 0.3) is 0 Å². The number of rotatable bonds is 5. The smallest absolute Gasteiger partial charge is 0.433 e. The zero-order chi connectivity index (χ0) is 15.4. The van der Waals surface area contributed by atoms with Crippen molar-refractivity contribution < 1.29 is 22.7 Å². The first-order valence-corrected chi connectivity index (χ1v) is 6.14. The molecule has 0 bridgehead atoms. The SMILES string of the molecule is CCCC(C)(Nc1cccc(C(F)(F)F)n1)C(=O)OC. The van der Waals surface area contributed by atoms with Gasteiger partial charge in [0.05, 0.1) is 7.11 Å². The van der Waals surface area contributed by atoms with E-state index < -0.39 is 23.4 Å². The van der Waals surface area contributed by atoms with Gasteiger partial charge in [0.2, 0.25) is 0 Å². The Labute approximate surface area is 115 Å². The quantitative estimate of drug-likeness (QED) is 0.846. The second kappa shape index (κ2) is 6.11. The van der Waals surface area contributed by atoms with Crippen LogP contribution in [0.25, 0.3) is 0 Å². The molecule has 0 aliphatic rings. The van der Waals surface area contributed by atoms with Crippen LogP contribution >= 0.6 is 0 Å². The van der Waals surface area contributed by atoms with Crippen LogP contribution in [0.3, 0.4) is 0 Å². The number of esters is 1. The molecular formula is C13H17F3N2O2. The van der Waals surface area contributed by atoms with Crippen molar-refractivity contribution in [2.24, 2.45) is 0 Å². The largest absolute Gasteiger partial charge is 0.467 e. The van der Waals surface area contributed by atoms with Crippen LogP contribution in [0.4, 0.5) is 19.0 Å². The third kappa shape index (κ3) is 3.85. The molecule has 1 atom stereocenters. The maximum Gasteiger partial charge on any atom is 0.433 e. The normalized spacial score (nSPS) is 14.5. The van der Waals surface area contributed by atoms with Crippen LogP contribution in [-0.2, 0) is 15.7 Å². The van der Waals surface area contributed by atoms with Crippen LogP contribution in [0.15, 0.2) is 18.2 Å². The average Bonchev–Trinajstić information content (AvgIpc) is 2.37. The summed E-state index contributed by atoms with van der Waals surface area (Å²) in [6, 6.07) is 3.49. The number of hydrogen-bond donors (Lipinski definition) is 1. The summed E-state index contributed by atoms with van der Waals surface area (Å²) in [4.78, 5) is 15.3. The number of aromatic nitrogens is 1. The Balaban J connectivity index is 3.03. The van der Waals surface area contributed by atoms with E-state index >= 15 is 0 Å². The molecule has 1 heterocycles. The first-order valence-electron chi connectivity index (χ1n) is 6.14. The van der Waals surface area contributed by atoms with Crippen molar-refractivity contribution in [2.75, 3.05) is 12.4 Å². The van der Waals surface area contributed by atoms with E-state index in [4.69, 9.17) is 0 Å². The Bertz CT molecular complexity index is 477. The Kier molecular flexibility index (Phi) is 4.97. The topological polar surface area (TPSA) is 51.2 Å². The lowest BCUT2D eigenvalue weighted by Gasteiger charge is -2.28. The fourth-order valence-corrected chi connectivity index (χ4v) is 1.89. The fourth-order valence-electron chi connectivity index (χ4n) is 1.89. The van der Waals surface area contributed by atoms with Gasteiger partial charge in [-0.1, -0.05) is 19.4 Å². The van der Waals surface area contributed by atoms with Crippen molar-refractivity contribution >= 4 is 11.8 Å². The third-order valence-corrected chi connectivity index (χ3v) is 2.83. The highest BCUT2D eigenvalue weighted by atomic mass is 19.4. The minimum absolute atomic E-state index is 0.0128. The predicted octanol–water partition coefficient (Wildman–Crippen LogP) is 3.24. The zero-order valence-electron chi connectivity index (χ0n) is 11.5. The molecule has 0 saturated heterocycles. The van der Waals surface area contributed by atoms with Crippen molar-refractivity contribution in [3.63, 3.8) is 0 Å². The van der Waals surface area contributed by atoms with Crippen molar-refractivity contribution in [1.29, 1.82) is 0 Å². The van der Waals surface area contributed by atoms with Gasteiger partial charge >= 0.3 is 12.1 Å². The number of carbonyl (C=O) groups is 1. The lowest BCUT2D eigenvalue weighted by Crippen LogP contribution is -2.44. The number of ether oxygens (including phenoxy) is 1. The molecule has 7 heteroatoms. The number of nitrogens with one attached hydrogen (secondary N) is 1. The van der Waals surface area contributed by atoms with Crippen molar-refractivity contribution in [3.8, 4) is 0 Å². The molecule has 0 fully saturated rings. The molecule has 0 aliphatic heterocycles. The summed E-state index contributed by atoms with van der Waals surface area (Å²) in [5.41, 5.74) is -2.12. The summed E-state index contributed by atoms with van der Waals surface area (Å²) in [5.74, 6) is -0.556. The van der Waals surface area contributed by atoms with E-state index in [-0.39, 0.29) is 5.82 Å². The van der Waals surface area contributed by atoms with E-state index in [1.54, 1.807) is 6.92 Å². The molecule has 1 unspecified atom stereocenters. The van der Waals surface area contributed by atoms with Gasteiger partial charge < -0.3 is 10.1 Å². The summed E-state index contributed by atoms with van der Waals surface area (Å²) in [6.45, 7) is 3.44. The van der Waals surface area contributed by atoms with Crippen LogP contribution in [0.2, 0.25) is 0 Å². The van der Waals surface area contributed by atoms with Crippen molar-refractivity contribution in [3.05, 3.63) is 23.9 Å². The predicted molar refractivity (Wildman–Crippen MR) is 68.2 cm³/mol. The van der Waals surface area contributed by atoms with Crippen LogP contribution in [0, 0.1) is 0 Å². The van der Waals surface area contributed by atoms with Gasteiger partial charge in [-0.05, 0) is 25.5 Å². The maximum atomic E-state index is 12.6. The number of halogens is 3. The van der Waals surface area contributed by atoms with E-state index in [2.05, 4.69) is 15.0 Å². The van der Waals surface area contributed by atoms with E-state index in [0.29, 0.717) is 12.8 Å². The van der Waals surface area contributed by atoms with E-state index in [9.17, 15) is 18.0 Å². The Morgan fingerprint density at radius 3 is 2.55 bits per heavy atom. The van der Waals surface area contributed by atoms with E-state index in [0.717, 1.165) is 6.07 Å². The monoisotopic (exact) mass is 290 g/mol. The van der Waals surface area contributed by atoms with Gasteiger partial charge in [0.1, 0.15) is 17.1 Å². The highest BCUT2D eigenvalue weighted by Crippen LogP contribution is 2.29. The molecule has 0 saturated carbocycles. The van der Waals surface area contributed by atoms with Crippen molar-refractivity contribution in [1.82, 2.24) is 4.98 Å². The zero-order valence-corrected chi connectivity index (χ0v) is 11.5. The molecule has 0 spiro atoms. The molecule has 1 aromatic heterocycles. The number of nitrogens with zero attached hydrogens (tertiary/aromatic N) is 1. The molecule has 112 valence electrons. The Morgan fingerprint density at radius 1 is 1.40 bits per heavy atom. The molecule has 0 radical (unpaired) electrons. The van der Waals surface area contributed by atoms with Gasteiger partial charge in [0.15, 0.2) is 0 Å². The summed E-state index contributed by atoms with van der Waals surface area (Å²) < 4.78 is 42.5. The Morgan fingerprint density at radius 2 is 2.05 bits per heavy atom. The lowest BCUT2D eigenvalue weighted by atomic mass is 9.96. The highest BCUT2D eigenvalue weighted by molar-refractivity contribution is 5.83. The molecule has 0 aliphatic carbocycles. The standard InChI is InChI=1S/C13H17F3N2O2/c1-4-8-12(2,11(19)20-3)18-10-7-5-6-9(17-10)13(14,15)16/h5-7H,4,8H2,1-3H3,(H,17,18). The van der Waals surface area contributed by atoms with E-state index in [1.807, 2.05) is 6.92 Å². The highest BCUT2D eigenvalue weighted by Gasteiger charge is 2.36. The van der Waals surface area contributed by atoms with Gasteiger partial charge in [-0.15, -0.1) is 0 Å². The minimum Gasteiger partial charge on any atom is -0.467 e. The second-order valence-electron chi connectivity index (χ2n) is 4.60. The number of anilines is 1. The number of carbonyl (C=O) groups excluding carboxylic acids is 1. The van der Waals surface area contributed by atoms with Crippen LogP contribution in [-0.4, -0.2) is 23.6 Å². The molecule has 1 aromatic rings. The number of alkyl halides is 3. The van der Waals surface area contributed by atoms with E-state index in [1.165, 1.54) is 19.2 Å². The molecule has 0 aromatic carbocycles. The summed E-state index contributed by atoms with van der Waals surface area (Å²) in [7, 11) is 1.23. The number of pyridine rings is 1. The summed E-state index contributed by atoms with van der Waals surface area (Å²) >= 11 is 0. The fraction of sp³-hybridized carbons (Fsp3) is 0.538. The second-order valence-corrected chi connectivity index (χ2v) is 4.60. The maximum absolute atomic E-state index is 12.6. The first kappa shape index (κ1) is 16.3. The Hall–Kier alpha value is -1.79. The van der Waals surface area contributed by atoms with Gasteiger partial charge in [-0.2, -0.15) is 13.2 Å². The lowest BCUT2D eigenvalue weighted by molar-refractivity contribution is -0.145. The minimum atomic E-state index is -4.52. The van der Waals surface area contributed by atoms with Crippen LogP contribution < -0.4 is 5.32 Å². The molecular weight excluding hydrogens is 273 g/mol. The van der Waals surface area contributed by atoms with Crippen molar-refractivity contribution in [2.45, 2.75) is 38.4 Å². The first-order chi connectivity index (χ1) is 9.23. The van der Waals surface area contributed by atoms with Gasteiger partial charge in [0, 0.05) is 0 Å². The average molecular weight is 290 g/mol. The number of methoxy groups -OCH3 is 1.